The van der Waals surface area contributed by atoms with E-state index in [1.807, 2.05) is 4.72 Å². The van der Waals surface area contributed by atoms with E-state index in [0.29, 0.717) is 6.42 Å². The second-order valence-corrected chi connectivity index (χ2v) is 6.47. The molecule has 0 radical (unpaired) electrons. The van der Waals surface area contributed by atoms with Gasteiger partial charge < -0.3 is 15.6 Å². The first-order valence-electron chi connectivity index (χ1n) is 6.31. The number of hydrogen-bond acceptors (Lipinski definition) is 6. The molecule has 1 aromatic rings. The second kappa shape index (κ2) is 7.23. The first-order valence-corrected chi connectivity index (χ1v) is 8.20. The van der Waals surface area contributed by atoms with Gasteiger partial charge in [-0.25, -0.2) is 13.1 Å². The lowest BCUT2D eigenvalue weighted by Gasteiger charge is -2.11. The first-order chi connectivity index (χ1) is 10.1. The summed E-state index contributed by atoms with van der Waals surface area (Å²) >= 11 is 0. The molecule has 1 amide bonds. The van der Waals surface area contributed by atoms with Crippen molar-refractivity contribution in [2.75, 3.05) is 13.4 Å². The molecule has 0 bridgehead atoms. The summed E-state index contributed by atoms with van der Waals surface area (Å²) in [4.78, 5) is 22.5. The standard InChI is InChI=1S/C13H18N2O6S/c1-21-11-7-8(4-6-10(14)13(17)18)3-5-9(11)12(16)15-22(2,19)20/h3,5,7,10H,4,6,14H2,1-2H3,(H,15,16)(H,17,18). The van der Waals surface area contributed by atoms with Crippen molar-refractivity contribution in [2.24, 2.45) is 5.73 Å². The van der Waals surface area contributed by atoms with Crippen LogP contribution in [0.2, 0.25) is 0 Å². The summed E-state index contributed by atoms with van der Waals surface area (Å²) in [7, 11) is -2.33. The summed E-state index contributed by atoms with van der Waals surface area (Å²) in [6.07, 6.45) is 1.49. The van der Waals surface area contributed by atoms with Crippen molar-refractivity contribution >= 4 is 21.9 Å². The van der Waals surface area contributed by atoms with Gasteiger partial charge in [-0.05, 0) is 30.5 Å². The number of benzene rings is 1. The molecule has 0 saturated heterocycles. The fraction of sp³-hybridized carbons (Fsp3) is 0.385. The van der Waals surface area contributed by atoms with Gasteiger partial charge in [-0.15, -0.1) is 0 Å². The Bertz CT molecular complexity index is 671. The Kier molecular flexibility index (Phi) is 5.89. The van der Waals surface area contributed by atoms with Gasteiger partial charge >= 0.3 is 5.97 Å². The number of rotatable bonds is 7. The molecule has 1 rings (SSSR count). The first kappa shape index (κ1) is 17.9. The lowest BCUT2D eigenvalue weighted by molar-refractivity contribution is -0.138. The number of carboxylic acids is 1. The highest BCUT2D eigenvalue weighted by molar-refractivity contribution is 7.89. The van der Waals surface area contributed by atoms with Gasteiger partial charge in [0.1, 0.15) is 11.8 Å². The number of aryl methyl sites for hydroxylation is 1. The number of amides is 1. The average molecular weight is 330 g/mol. The van der Waals surface area contributed by atoms with E-state index < -0.39 is 27.9 Å². The smallest absolute Gasteiger partial charge is 0.320 e. The summed E-state index contributed by atoms with van der Waals surface area (Å²) in [5.41, 5.74) is 6.22. The Hall–Kier alpha value is -2.13. The molecule has 9 heteroatoms. The molecule has 0 fully saturated rings. The van der Waals surface area contributed by atoms with Crippen LogP contribution in [-0.2, 0) is 21.2 Å². The predicted molar refractivity (Wildman–Crippen MR) is 79.2 cm³/mol. The topological polar surface area (TPSA) is 136 Å². The lowest BCUT2D eigenvalue weighted by Crippen LogP contribution is -2.30. The molecule has 1 atom stereocenters. The molecule has 122 valence electrons. The van der Waals surface area contributed by atoms with E-state index in [2.05, 4.69) is 0 Å². The van der Waals surface area contributed by atoms with Crippen LogP contribution in [0.25, 0.3) is 0 Å². The van der Waals surface area contributed by atoms with Gasteiger partial charge in [0.15, 0.2) is 0 Å². The quantitative estimate of drug-likeness (QED) is 0.626. The van der Waals surface area contributed by atoms with Crippen molar-refractivity contribution in [1.29, 1.82) is 0 Å². The van der Waals surface area contributed by atoms with Gasteiger partial charge in [-0.1, -0.05) is 6.07 Å². The molecule has 0 aromatic heterocycles. The molecule has 22 heavy (non-hydrogen) atoms. The van der Waals surface area contributed by atoms with Gasteiger partial charge in [0.05, 0.1) is 18.9 Å². The van der Waals surface area contributed by atoms with Crippen LogP contribution in [0.5, 0.6) is 5.75 Å². The zero-order valence-corrected chi connectivity index (χ0v) is 13.0. The molecule has 0 aliphatic rings. The predicted octanol–water partition coefficient (Wildman–Crippen LogP) is -0.271. The Morgan fingerprint density at radius 3 is 2.55 bits per heavy atom. The van der Waals surface area contributed by atoms with E-state index in [1.165, 1.54) is 13.2 Å². The third kappa shape index (κ3) is 5.34. The number of aliphatic carboxylic acids is 1. The number of carboxylic acid groups (broad SMARTS) is 1. The van der Waals surface area contributed by atoms with E-state index in [4.69, 9.17) is 15.6 Å². The monoisotopic (exact) mass is 330 g/mol. The van der Waals surface area contributed by atoms with Gasteiger partial charge in [-0.2, -0.15) is 0 Å². The molecule has 1 unspecified atom stereocenters. The van der Waals surface area contributed by atoms with E-state index >= 15 is 0 Å². The molecule has 0 saturated carbocycles. The third-order valence-electron chi connectivity index (χ3n) is 2.85. The maximum absolute atomic E-state index is 11.8. The van der Waals surface area contributed by atoms with Crippen LogP contribution >= 0.6 is 0 Å². The number of carbonyl (C=O) groups excluding carboxylic acids is 1. The van der Waals surface area contributed by atoms with Crippen LogP contribution in [0, 0.1) is 0 Å². The van der Waals surface area contributed by atoms with Gasteiger partial charge in [-0.3, -0.25) is 9.59 Å². The van der Waals surface area contributed by atoms with Crippen LogP contribution in [0.1, 0.15) is 22.3 Å². The van der Waals surface area contributed by atoms with Crippen molar-refractivity contribution in [2.45, 2.75) is 18.9 Å². The van der Waals surface area contributed by atoms with Gasteiger partial charge in [0.2, 0.25) is 10.0 Å². The minimum atomic E-state index is -3.67. The van der Waals surface area contributed by atoms with Crippen molar-refractivity contribution < 1.29 is 27.9 Å². The zero-order chi connectivity index (χ0) is 16.9. The maximum Gasteiger partial charge on any atom is 0.320 e. The van der Waals surface area contributed by atoms with Crippen LogP contribution in [0.3, 0.4) is 0 Å². The number of hydrogen-bond donors (Lipinski definition) is 3. The van der Waals surface area contributed by atoms with Crippen LogP contribution in [0.15, 0.2) is 18.2 Å². The third-order valence-corrected chi connectivity index (χ3v) is 3.41. The number of ether oxygens (including phenoxy) is 1. The molecule has 1 aromatic carbocycles. The molecule has 0 aliphatic heterocycles. The van der Waals surface area contributed by atoms with Crippen molar-refractivity contribution in [3.05, 3.63) is 29.3 Å². The van der Waals surface area contributed by atoms with Crippen LogP contribution in [-0.4, -0.2) is 44.8 Å². The largest absolute Gasteiger partial charge is 0.496 e. The van der Waals surface area contributed by atoms with E-state index in [1.54, 1.807) is 12.1 Å². The molecule has 0 heterocycles. The second-order valence-electron chi connectivity index (χ2n) is 4.72. The number of nitrogens with one attached hydrogen (secondary N) is 1. The highest BCUT2D eigenvalue weighted by Crippen LogP contribution is 2.21. The van der Waals surface area contributed by atoms with E-state index in [-0.39, 0.29) is 17.7 Å². The molecular weight excluding hydrogens is 312 g/mol. The van der Waals surface area contributed by atoms with Crippen molar-refractivity contribution in [3.63, 3.8) is 0 Å². The molecule has 0 spiro atoms. The Balaban J connectivity index is 2.91. The highest BCUT2D eigenvalue weighted by Gasteiger charge is 2.17. The van der Waals surface area contributed by atoms with E-state index in [9.17, 15) is 18.0 Å². The van der Waals surface area contributed by atoms with Crippen molar-refractivity contribution in [3.8, 4) is 5.75 Å². The molecule has 0 aliphatic carbocycles. The zero-order valence-electron chi connectivity index (χ0n) is 12.2. The molecule has 4 N–H and O–H groups in total. The normalized spacial score (nSPS) is 12.5. The summed E-state index contributed by atoms with van der Waals surface area (Å²) in [5, 5.41) is 8.73. The summed E-state index contributed by atoms with van der Waals surface area (Å²) in [5.74, 6) is -1.69. The SMILES string of the molecule is COc1cc(CCC(N)C(=O)O)ccc1C(=O)NS(C)(=O)=O. The molecular formula is C13H18N2O6S. The fourth-order valence-corrected chi connectivity index (χ4v) is 2.19. The average Bonchev–Trinajstić information content (AvgIpc) is 2.42. The van der Waals surface area contributed by atoms with Gasteiger partial charge in [0, 0.05) is 0 Å². The van der Waals surface area contributed by atoms with Crippen LogP contribution < -0.4 is 15.2 Å². The minimum Gasteiger partial charge on any atom is -0.496 e. The minimum absolute atomic E-state index is 0.0687. The number of methoxy groups -OCH3 is 1. The number of nitrogens with two attached hydrogens (primary N) is 1. The summed E-state index contributed by atoms with van der Waals surface area (Å²) < 4.78 is 29.1. The van der Waals surface area contributed by atoms with E-state index in [0.717, 1.165) is 11.8 Å². The maximum atomic E-state index is 11.8. The van der Waals surface area contributed by atoms with Crippen molar-refractivity contribution in [1.82, 2.24) is 4.72 Å². The Morgan fingerprint density at radius 1 is 1.41 bits per heavy atom. The summed E-state index contributed by atoms with van der Waals surface area (Å²) in [6.45, 7) is 0. The van der Waals surface area contributed by atoms with Gasteiger partial charge in [0.25, 0.3) is 5.91 Å². The number of sulfonamides is 1. The fourth-order valence-electron chi connectivity index (χ4n) is 1.75. The van der Waals surface area contributed by atoms with Crippen LogP contribution in [0.4, 0.5) is 0 Å². The lowest BCUT2D eigenvalue weighted by atomic mass is 10.0. The molecule has 8 nitrogen and oxygen atoms in total. The Morgan fingerprint density at radius 2 is 2.05 bits per heavy atom. The Labute approximate surface area is 128 Å². The summed E-state index contributed by atoms with van der Waals surface area (Å²) in [6, 6.07) is 3.58. The highest BCUT2D eigenvalue weighted by atomic mass is 32.2. The number of carbonyl (C=O) groups is 2.